The van der Waals surface area contributed by atoms with Crippen LogP contribution < -0.4 is 5.32 Å². The van der Waals surface area contributed by atoms with E-state index in [9.17, 15) is 9.59 Å². The monoisotopic (exact) mass is 420 g/mol. The molecule has 1 N–H and O–H groups in total. The molecule has 130 valence electrons. The Kier molecular flexibility index (Phi) is 5.29. The Hall–Kier alpha value is -2.06. The standard InChI is InChI=1S/C17H17BrN4O2S/c1-10-7-11(3-4-13(10)18)8-12-9-19-17(25-12)20-16(24)14-5-6-15(23)22(2)21-14/h3-4,7,9H,5-6,8H2,1-2H3,(H,19,20,24). The average Bonchev–Trinajstić information content (AvgIpc) is 3.00. The molecule has 2 amide bonds. The van der Waals surface area contributed by atoms with Gasteiger partial charge < -0.3 is 0 Å². The van der Waals surface area contributed by atoms with Crippen LogP contribution in [0, 0.1) is 6.92 Å². The van der Waals surface area contributed by atoms with Crippen LogP contribution >= 0.6 is 27.3 Å². The lowest BCUT2D eigenvalue weighted by Crippen LogP contribution is -2.34. The Morgan fingerprint density at radius 1 is 1.40 bits per heavy atom. The molecular formula is C17H17BrN4O2S. The molecule has 1 aromatic heterocycles. The summed E-state index contributed by atoms with van der Waals surface area (Å²) in [6.07, 6.45) is 3.19. The largest absolute Gasteiger partial charge is 0.297 e. The first-order valence-corrected chi connectivity index (χ1v) is 9.38. The number of halogens is 1. The number of nitrogens with zero attached hydrogens (tertiary/aromatic N) is 3. The molecule has 0 aliphatic carbocycles. The second kappa shape index (κ2) is 7.45. The van der Waals surface area contributed by atoms with E-state index in [0.29, 0.717) is 23.7 Å². The molecule has 25 heavy (non-hydrogen) atoms. The molecule has 2 aromatic rings. The van der Waals surface area contributed by atoms with Crippen molar-refractivity contribution in [2.24, 2.45) is 5.10 Å². The Bertz CT molecular complexity index is 862. The fourth-order valence-corrected chi connectivity index (χ4v) is 3.56. The number of hydrogen-bond acceptors (Lipinski definition) is 5. The fourth-order valence-electron chi connectivity index (χ4n) is 2.47. The van der Waals surface area contributed by atoms with Crippen molar-refractivity contribution < 1.29 is 9.59 Å². The lowest BCUT2D eigenvalue weighted by atomic mass is 10.1. The van der Waals surface area contributed by atoms with Gasteiger partial charge in [0.25, 0.3) is 5.91 Å². The van der Waals surface area contributed by atoms with Crippen molar-refractivity contribution in [1.82, 2.24) is 9.99 Å². The normalized spacial score (nSPS) is 14.4. The predicted octanol–water partition coefficient (Wildman–Crippen LogP) is 3.35. The van der Waals surface area contributed by atoms with Crippen molar-refractivity contribution >= 4 is 49.9 Å². The third-order valence-corrected chi connectivity index (χ3v) is 5.65. The quantitative estimate of drug-likeness (QED) is 0.823. The van der Waals surface area contributed by atoms with E-state index in [1.807, 2.05) is 6.07 Å². The lowest BCUT2D eigenvalue weighted by molar-refractivity contribution is -0.130. The van der Waals surface area contributed by atoms with E-state index in [1.165, 1.54) is 27.5 Å². The van der Waals surface area contributed by atoms with Crippen molar-refractivity contribution in [2.75, 3.05) is 12.4 Å². The number of nitrogens with one attached hydrogen (secondary N) is 1. The van der Waals surface area contributed by atoms with Crippen molar-refractivity contribution in [3.63, 3.8) is 0 Å². The molecule has 1 aromatic carbocycles. The SMILES string of the molecule is Cc1cc(Cc2cnc(NC(=O)C3=NN(C)C(=O)CC3)s2)ccc1Br. The molecule has 0 fully saturated rings. The minimum absolute atomic E-state index is 0.0853. The van der Waals surface area contributed by atoms with Gasteiger partial charge in [0.15, 0.2) is 5.13 Å². The summed E-state index contributed by atoms with van der Waals surface area (Å²) in [5.74, 6) is -0.391. The zero-order valence-electron chi connectivity index (χ0n) is 13.9. The van der Waals surface area contributed by atoms with Crippen LogP contribution in [0.15, 0.2) is 34.0 Å². The van der Waals surface area contributed by atoms with Gasteiger partial charge in [-0.3, -0.25) is 14.9 Å². The Balaban J connectivity index is 1.65. The van der Waals surface area contributed by atoms with E-state index >= 15 is 0 Å². The molecule has 0 bridgehead atoms. The van der Waals surface area contributed by atoms with Crippen LogP contribution in [0.4, 0.5) is 5.13 Å². The van der Waals surface area contributed by atoms with Crippen LogP contribution in [0.25, 0.3) is 0 Å². The molecule has 0 unspecified atom stereocenters. The number of amides is 2. The molecule has 8 heteroatoms. The van der Waals surface area contributed by atoms with Gasteiger partial charge in [0.2, 0.25) is 5.91 Å². The highest BCUT2D eigenvalue weighted by atomic mass is 79.9. The third kappa shape index (κ3) is 4.32. The first kappa shape index (κ1) is 17.8. The van der Waals surface area contributed by atoms with Crippen LogP contribution in [0.3, 0.4) is 0 Å². The van der Waals surface area contributed by atoms with Crippen LogP contribution in [0.2, 0.25) is 0 Å². The number of anilines is 1. The first-order valence-electron chi connectivity index (χ1n) is 7.77. The van der Waals surface area contributed by atoms with E-state index in [1.54, 1.807) is 13.2 Å². The van der Waals surface area contributed by atoms with E-state index in [0.717, 1.165) is 15.8 Å². The summed E-state index contributed by atoms with van der Waals surface area (Å²) >= 11 is 4.94. The van der Waals surface area contributed by atoms with Crippen LogP contribution in [0.5, 0.6) is 0 Å². The minimum atomic E-state index is -0.306. The number of thiazole rings is 1. The number of hydrogen-bond donors (Lipinski definition) is 1. The zero-order chi connectivity index (χ0) is 18.0. The smallest absolute Gasteiger partial charge is 0.273 e. The van der Waals surface area contributed by atoms with Gasteiger partial charge in [-0.2, -0.15) is 5.10 Å². The van der Waals surface area contributed by atoms with Crippen LogP contribution in [-0.2, 0) is 16.0 Å². The molecule has 0 saturated heterocycles. The van der Waals surface area contributed by atoms with Gasteiger partial charge in [-0.05, 0) is 24.1 Å². The van der Waals surface area contributed by atoms with Gasteiger partial charge in [0.1, 0.15) is 5.71 Å². The molecule has 1 aliphatic heterocycles. The van der Waals surface area contributed by atoms with Gasteiger partial charge in [-0.15, -0.1) is 11.3 Å². The van der Waals surface area contributed by atoms with Crippen molar-refractivity contribution in [3.05, 3.63) is 44.9 Å². The Labute approximate surface area is 158 Å². The third-order valence-electron chi connectivity index (χ3n) is 3.84. The second-order valence-corrected chi connectivity index (χ2v) is 7.78. The Morgan fingerprint density at radius 2 is 2.20 bits per heavy atom. The van der Waals surface area contributed by atoms with Gasteiger partial charge in [-0.1, -0.05) is 28.1 Å². The average molecular weight is 421 g/mol. The topological polar surface area (TPSA) is 74.7 Å². The second-order valence-electron chi connectivity index (χ2n) is 5.81. The number of rotatable bonds is 4. The molecule has 0 saturated carbocycles. The number of carbonyl (C=O) groups is 2. The number of benzene rings is 1. The number of aromatic nitrogens is 1. The van der Waals surface area contributed by atoms with Gasteiger partial charge in [-0.25, -0.2) is 9.99 Å². The summed E-state index contributed by atoms with van der Waals surface area (Å²) in [6.45, 7) is 2.05. The maximum atomic E-state index is 12.3. The molecule has 0 spiro atoms. The molecule has 2 heterocycles. The van der Waals surface area contributed by atoms with E-state index < -0.39 is 0 Å². The maximum Gasteiger partial charge on any atom is 0.273 e. The molecular weight excluding hydrogens is 404 g/mol. The van der Waals surface area contributed by atoms with Gasteiger partial charge in [0.05, 0.1) is 0 Å². The highest BCUT2D eigenvalue weighted by Gasteiger charge is 2.22. The fraction of sp³-hybridized carbons (Fsp3) is 0.294. The minimum Gasteiger partial charge on any atom is -0.297 e. The maximum absolute atomic E-state index is 12.3. The molecule has 0 atom stereocenters. The molecule has 3 rings (SSSR count). The van der Waals surface area contributed by atoms with Crippen molar-refractivity contribution in [2.45, 2.75) is 26.2 Å². The summed E-state index contributed by atoms with van der Waals surface area (Å²) in [7, 11) is 1.55. The molecule has 0 radical (unpaired) electrons. The van der Waals surface area contributed by atoms with Gasteiger partial charge >= 0.3 is 0 Å². The highest BCUT2D eigenvalue weighted by molar-refractivity contribution is 9.10. The van der Waals surface area contributed by atoms with E-state index in [2.05, 4.69) is 50.4 Å². The summed E-state index contributed by atoms with van der Waals surface area (Å²) < 4.78 is 1.09. The van der Waals surface area contributed by atoms with E-state index in [-0.39, 0.29) is 11.8 Å². The van der Waals surface area contributed by atoms with Gasteiger partial charge in [0, 0.05) is 41.9 Å². The number of aryl methyl sites for hydroxylation is 1. The summed E-state index contributed by atoms with van der Waals surface area (Å²) in [5, 5.41) is 8.53. The molecule has 6 nitrogen and oxygen atoms in total. The summed E-state index contributed by atoms with van der Waals surface area (Å²) in [6, 6.07) is 6.23. The highest BCUT2D eigenvalue weighted by Crippen LogP contribution is 2.24. The summed E-state index contributed by atoms with van der Waals surface area (Å²) in [4.78, 5) is 29.0. The lowest BCUT2D eigenvalue weighted by Gasteiger charge is -2.18. The van der Waals surface area contributed by atoms with Crippen LogP contribution in [0.1, 0.15) is 28.8 Å². The van der Waals surface area contributed by atoms with Crippen LogP contribution in [-0.4, -0.2) is 34.6 Å². The number of hydrazone groups is 1. The number of carbonyl (C=O) groups excluding carboxylic acids is 2. The van der Waals surface area contributed by atoms with Crippen molar-refractivity contribution in [3.8, 4) is 0 Å². The summed E-state index contributed by atoms with van der Waals surface area (Å²) in [5.41, 5.74) is 2.73. The zero-order valence-corrected chi connectivity index (χ0v) is 16.3. The molecule has 1 aliphatic rings. The van der Waals surface area contributed by atoms with Crippen molar-refractivity contribution in [1.29, 1.82) is 0 Å². The Morgan fingerprint density at radius 3 is 2.92 bits per heavy atom. The first-order chi connectivity index (χ1) is 11.9. The predicted molar refractivity (Wildman–Crippen MR) is 102 cm³/mol. The van der Waals surface area contributed by atoms with E-state index in [4.69, 9.17) is 0 Å².